The fraction of sp³-hybridized carbons (Fsp3) is 0.429. The number of nitrogens with zero attached hydrogens (tertiary/aromatic N) is 2. The van der Waals surface area contributed by atoms with Gasteiger partial charge in [-0.25, -0.2) is 4.79 Å². The van der Waals surface area contributed by atoms with Crippen LogP contribution in [0.25, 0.3) is 0 Å². The van der Waals surface area contributed by atoms with Gasteiger partial charge in [-0.1, -0.05) is 0 Å². The second-order valence-electron chi connectivity index (χ2n) is 2.27. The van der Waals surface area contributed by atoms with Crippen LogP contribution in [0, 0.1) is 0 Å². The van der Waals surface area contributed by atoms with E-state index >= 15 is 0 Å². The molecule has 0 unspecified atom stereocenters. The molecule has 0 aliphatic heterocycles. The zero-order valence-corrected chi connectivity index (χ0v) is 6.86. The molecule has 5 nitrogen and oxygen atoms in total. The summed E-state index contributed by atoms with van der Waals surface area (Å²) in [5.41, 5.74) is 5.75. The first-order valence-corrected chi connectivity index (χ1v) is 3.58. The molecule has 0 radical (unpaired) electrons. The Balaban J connectivity index is 2.70. The van der Waals surface area contributed by atoms with Gasteiger partial charge in [0.05, 0.1) is 25.4 Å². The Hall–Kier alpha value is -1.36. The maximum Gasteiger partial charge on any atom is 0.341 e. The van der Waals surface area contributed by atoms with Crippen molar-refractivity contribution in [1.82, 2.24) is 9.78 Å². The van der Waals surface area contributed by atoms with E-state index in [1.54, 1.807) is 10.9 Å². The molecule has 5 heteroatoms. The highest BCUT2D eigenvalue weighted by molar-refractivity contribution is 5.88. The molecule has 0 fully saturated rings. The molecule has 66 valence electrons. The van der Waals surface area contributed by atoms with Crippen molar-refractivity contribution in [2.45, 2.75) is 6.54 Å². The Morgan fingerprint density at radius 1 is 1.83 bits per heavy atom. The summed E-state index contributed by atoms with van der Waals surface area (Å²) in [5, 5.41) is 3.91. The molecular weight excluding hydrogens is 158 g/mol. The number of aromatic nitrogens is 2. The van der Waals surface area contributed by atoms with E-state index < -0.39 is 0 Å². The summed E-state index contributed by atoms with van der Waals surface area (Å²) in [6.45, 7) is 1.11. The van der Waals surface area contributed by atoms with Crippen LogP contribution in [0.1, 0.15) is 10.4 Å². The van der Waals surface area contributed by atoms with Crippen LogP contribution in [-0.2, 0) is 11.3 Å². The third kappa shape index (κ3) is 1.82. The van der Waals surface area contributed by atoms with Crippen molar-refractivity contribution in [3.63, 3.8) is 0 Å². The van der Waals surface area contributed by atoms with Gasteiger partial charge < -0.3 is 10.5 Å². The average molecular weight is 169 g/mol. The molecule has 1 rings (SSSR count). The Morgan fingerprint density at radius 3 is 3.17 bits per heavy atom. The highest BCUT2D eigenvalue weighted by atomic mass is 16.5. The number of esters is 1. The van der Waals surface area contributed by atoms with Gasteiger partial charge in [-0.2, -0.15) is 5.10 Å². The van der Waals surface area contributed by atoms with Crippen molar-refractivity contribution < 1.29 is 9.53 Å². The van der Waals surface area contributed by atoms with Gasteiger partial charge in [0.1, 0.15) is 0 Å². The second-order valence-corrected chi connectivity index (χ2v) is 2.27. The van der Waals surface area contributed by atoms with E-state index in [-0.39, 0.29) is 5.97 Å². The summed E-state index contributed by atoms with van der Waals surface area (Å²) in [6, 6.07) is 0. The predicted molar refractivity (Wildman–Crippen MR) is 42.6 cm³/mol. The molecule has 0 amide bonds. The van der Waals surface area contributed by atoms with Crippen molar-refractivity contribution in [2.75, 3.05) is 13.7 Å². The minimum Gasteiger partial charge on any atom is -0.465 e. The number of nitrogens with two attached hydrogens (primary N) is 1. The van der Waals surface area contributed by atoms with Crippen LogP contribution >= 0.6 is 0 Å². The number of carbonyl (C=O) groups is 1. The number of hydrogen-bond acceptors (Lipinski definition) is 4. The summed E-state index contributed by atoms with van der Waals surface area (Å²) in [7, 11) is 1.34. The topological polar surface area (TPSA) is 70.1 Å². The van der Waals surface area contributed by atoms with Gasteiger partial charge in [0.25, 0.3) is 0 Å². The molecule has 1 heterocycles. The Labute approximate surface area is 70.1 Å². The van der Waals surface area contributed by atoms with Gasteiger partial charge in [-0.05, 0) is 0 Å². The highest BCUT2D eigenvalue weighted by Gasteiger charge is 2.06. The van der Waals surface area contributed by atoms with E-state index in [1.807, 2.05) is 0 Å². The van der Waals surface area contributed by atoms with Gasteiger partial charge in [-0.3, -0.25) is 4.68 Å². The SMILES string of the molecule is COC(=O)c1cnn(CCN)c1. The van der Waals surface area contributed by atoms with E-state index in [1.165, 1.54) is 13.3 Å². The second kappa shape index (κ2) is 3.87. The maximum atomic E-state index is 10.9. The standard InChI is InChI=1S/C7H11N3O2/c1-12-7(11)6-4-9-10(5-6)3-2-8/h4-5H,2-3,8H2,1H3. The van der Waals surface area contributed by atoms with Crippen LogP contribution in [0.15, 0.2) is 12.4 Å². The molecule has 0 atom stereocenters. The van der Waals surface area contributed by atoms with Crippen molar-refractivity contribution in [3.05, 3.63) is 18.0 Å². The van der Waals surface area contributed by atoms with Crippen molar-refractivity contribution in [3.8, 4) is 0 Å². The minimum atomic E-state index is -0.377. The average Bonchev–Trinajstić information content (AvgIpc) is 2.52. The van der Waals surface area contributed by atoms with E-state index in [4.69, 9.17) is 5.73 Å². The number of ether oxygens (including phenoxy) is 1. The lowest BCUT2D eigenvalue weighted by atomic mass is 10.4. The van der Waals surface area contributed by atoms with E-state index in [0.29, 0.717) is 18.7 Å². The monoisotopic (exact) mass is 169 g/mol. The predicted octanol–water partition coefficient (Wildman–Crippen LogP) is -0.372. The highest BCUT2D eigenvalue weighted by Crippen LogP contribution is 1.98. The molecule has 1 aromatic heterocycles. The van der Waals surface area contributed by atoms with E-state index in [9.17, 15) is 4.79 Å². The quantitative estimate of drug-likeness (QED) is 0.626. The van der Waals surface area contributed by atoms with Gasteiger partial charge in [0.2, 0.25) is 0 Å². The normalized spacial score (nSPS) is 9.83. The summed E-state index contributed by atoms with van der Waals surface area (Å²) in [6.07, 6.45) is 3.07. The van der Waals surface area contributed by atoms with Crippen LogP contribution in [0.2, 0.25) is 0 Å². The molecule has 0 aliphatic rings. The van der Waals surface area contributed by atoms with Crippen LogP contribution < -0.4 is 5.73 Å². The van der Waals surface area contributed by atoms with Crippen LogP contribution in [0.5, 0.6) is 0 Å². The van der Waals surface area contributed by atoms with Gasteiger partial charge in [0, 0.05) is 12.7 Å². The molecule has 0 spiro atoms. The van der Waals surface area contributed by atoms with Crippen LogP contribution in [0.3, 0.4) is 0 Å². The van der Waals surface area contributed by atoms with Crippen molar-refractivity contribution in [1.29, 1.82) is 0 Å². The molecule has 0 bridgehead atoms. The first kappa shape index (κ1) is 8.73. The van der Waals surface area contributed by atoms with E-state index in [0.717, 1.165) is 0 Å². The maximum absolute atomic E-state index is 10.9. The van der Waals surface area contributed by atoms with Crippen LogP contribution in [0.4, 0.5) is 0 Å². The number of hydrogen-bond donors (Lipinski definition) is 1. The molecule has 12 heavy (non-hydrogen) atoms. The Bertz CT molecular complexity index is 269. The zero-order valence-electron chi connectivity index (χ0n) is 6.86. The number of rotatable bonds is 3. The third-order valence-corrected chi connectivity index (χ3v) is 1.41. The molecular formula is C7H11N3O2. The van der Waals surface area contributed by atoms with Gasteiger partial charge in [-0.15, -0.1) is 0 Å². The zero-order chi connectivity index (χ0) is 8.97. The van der Waals surface area contributed by atoms with Gasteiger partial charge >= 0.3 is 5.97 Å². The van der Waals surface area contributed by atoms with Crippen LogP contribution in [-0.4, -0.2) is 29.4 Å². The molecule has 0 saturated heterocycles. The lowest BCUT2D eigenvalue weighted by Crippen LogP contribution is -2.10. The molecule has 0 aromatic carbocycles. The lowest BCUT2D eigenvalue weighted by molar-refractivity contribution is 0.0600. The van der Waals surface area contributed by atoms with Crippen molar-refractivity contribution in [2.24, 2.45) is 5.73 Å². The Morgan fingerprint density at radius 2 is 2.58 bits per heavy atom. The summed E-state index contributed by atoms with van der Waals surface area (Å²) in [4.78, 5) is 10.9. The molecule has 1 aromatic rings. The first-order chi connectivity index (χ1) is 5.77. The lowest BCUT2D eigenvalue weighted by Gasteiger charge is -1.95. The first-order valence-electron chi connectivity index (χ1n) is 3.58. The summed E-state index contributed by atoms with van der Waals surface area (Å²) < 4.78 is 6.11. The largest absolute Gasteiger partial charge is 0.465 e. The molecule has 2 N–H and O–H groups in total. The van der Waals surface area contributed by atoms with Crippen molar-refractivity contribution >= 4 is 5.97 Å². The smallest absolute Gasteiger partial charge is 0.341 e. The minimum absolute atomic E-state index is 0.377. The fourth-order valence-electron chi connectivity index (χ4n) is 0.841. The third-order valence-electron chi connectivity index (χ3n) is 1.41. The fourth-order valence-corrected chi connectivity index (χ4v) is 0.841. The van der Waals surface area contributed by atoms with Gasteiger partial charge in [0.15, 0.2) is 0 Å². The van der Waals surface area contributed by atoms with E-state index in [2.05, 4.69) is 9.84 Å². The molecule has 0 aliphatic carbocycles. The molecule has 0 saturated carbocycles. The summed E-state index contributed by atoms with van der Waals surface area (Å²) in [5.74, 6) is -0.377. The Kier molecular flexibility index (Phi) is 2.82. The number of methoxy groups -OCH3 is 1. The summed E-state index contributed by atoms with van der Waals surface area (Å²) >= 11 is 0. The number of carbonyl (C=O) groups excluding carboxylic acids is 1.